The summed E-state index contributed by atoms with van der Waals surface area (Å²) in [5.41, 5.74) is 1.16. The molecule has 0 N–H and O–H groups in total. The number of halogens is 3. The normalized spacial score (nSPS) is 30.0. The van der Waals surface area contributed by atoms with Gasteiger partial charge in [0.2, 0.25) is 0 Å². The Morgan fingerprint density at radius 1 is 0.893 bits per heavy atom. The molecule has 0 spiro atoms. The predicted octanol–water partition coefficient (Wildman–Crippen LogP) is 8.10. The molecule has 2 saturated carbocycles. The lowest BCUT2D eigenvalue weighted by atomic mass is 9.66. The molecule has 1 aromatic carbocycles. The Morgan fingerprint density at radius 3 is 1.93 bits per heavy atom. The quantitative estimate of drug-likeness (QED) is 0.472. The van der Waals surface area contributed by atoms with Crippen molar-refractivity contribution in [2.45, 2.75) is 90.3 Å². The van der Waals surface area contributed by atoms with Crippen molar-refractivity contribution in [3.63, 3.8) is 0 Å². The summed E-state index contributed by atoms with van der Waals surface area (Å²) in [4.78, 5) is 0. The highest BCUT2D eigenvalue weighted by atomic mass is 19.4. The first-order chi connectivity index (χ1) is 13.4. The minimum atomic E-state index is -4.62. The average Bonchev–Trinajstić information content (AvgIpc) is 2.68. The SMILES string of the molecule is CCC[C@@H](C)C1CCC(C2CCC(c3ccc(OC(F)(F)F)cc3)CC2)CC1. The Labute approximate surface area is 168 Å². The van der Waals surface area contributed by atoms with Crippen molar-refractivity contribution in [1.29, 1.82) is 0 Å². The molecule has 1 nitrogen and oxygen atoms in total. The second-order valence-electron chi connectivity index (χ2n) is 9.17. The Kier molecular flexibility index (Phi) is 7.33. The van der Waals surface area contributed by atoms with E-state index < -0.39 is 6.36 Å². The summed E-state index contributed by atoms with van der Waals surface area (Å²) in [6.45, 7) is 4.72. The Balaban J connectivity index is 1.45. The highest BCUT2D eigenvalue weighted by Gasteiger charge is 2.33. The number of hydrogen-bond donors (Lipinski definition) is 0. The van der Waals surface area contributed by atoms with Crippen LogP contribution in [-0.4, -0.2) is 6.36 Å². The standard InChI is InChI=1S/C24H35F3O/c1-3-4-17(2)18-5-7-19(8-6-18)20-9-11-21(12-10-20)22-13-15-23(16-14-22)28-24(25,26)27/h13-21H,3-12H2,1-2H3/t17-,18?,19?,20?,21?/m1/s1. The van der Waals surface area contributed by atoms with Crippen LogP contribution in [0.1, 0.15) is 89.5 Å². The molecule has 0 saturated heterocycles. The molecule has 2 fully saturated rings. The van der Waals surface area contributed by atoms with E-state index in [4.69, 9.17) is 0 Å². The lowest BCUT2D eigenvalue weighted by molar-refractivity contribution is -0.274. The number of benzene rings is 1. The van der Waals surface area contributed by atoms with Crippen molar-refractivity contribution in [3.05, 3.63) is 29.8 Å². The van der Waals surface area contributed by atoms with Crippen molar-refractivity contribution in [1.82, 2.24) is 0 Å². The summed E-state index contributed by atoms with van der Waals surface area (Å²) >= 11 is 0. The third-order valence-electron chi connectivity index (χ3n) is 7.39. The molecule has 28 heavy (non-hydrogen) atoms. The van der Waals surface area contributed by atoms with Gasteiger partial charge >= 0.3 is 6.36 Å². The van der Waals surface area contributed by atoms with Gasteiger partial charge in [-0.05, 0) is 98.7 Å². The summed E-state index contributed by atoms with van der Waals surface area (Å²) in [5, 5.41) is 0. The van der Waals surface area contributed by atoms with E-state index in [2.05, 4.69) is 18.6 Å². The third-order valence-corrected chi connectivity index (χ3v) is 7.39. The van der Waals surface area contributed by atoms with Crippen LogP contribution >= 0.6 is 0 Å². The van der Waals surface area contributed by atoms with Crippen LogP contribution in [0.25, 0.3) is 0 Å². The highest BCUT2D eigenvalue weighted by molar-refractivity contribution is 5.29. The molecule has 0 radical (unpaired) electrons. The van der Waals surface area contributed by atoms with Gasteiger partial charge in [-0.15, -0.1) is 13.2 Å². The van der Waals surface area contributed by atoms with Gasteiger partial charge in [-0.1, -0.05) is 38.8 Å². The van der Waals surface area contributed by atoms with Gasteiger partial charge in [0.1, 0.15) is 5.75 Å². The summed E-state index contributed by atoms with van der Waals surface area (Å²) in [6.07, 6.45) is 8.53. The maximum atomic E-state index is 12.3. The van der Waals surface area contributed by atoms with Gasteiger partial charge in [0.25, 0.3) is 0 Å². The fraction of sp³-hybridized carbons (Fsp3) is 0.750. The van der Waals surface area contributed by atoms with Crippen LogP contribution in [0, 0.1) is 23.7 Å². The number of ether oxygens (including phenoxy) is 1. The molecular formula is C24H35F3O. The van der Waals surface area contributed by atoms with E-state index >= 15 is 0 Å². The first kappa shape index (κ1) is 21.5. The molecular weight excluding hydrogens is 361 g/mol. The van der Waals surface area contributed by atoms with Crippen molar-refractivity contribution in [2.24, 2.45) is 23.7 Å². The van der Waals surface area contributed by atoms with Crippen LogP contribution in [0.15, 0.2) is 24.3 Å². The molecule has 1 atom stereocenters. The molecule has 2 aliphatic rings. The van der Waals surface area contributed by atoms with E-state index in [0.29, 0.717) is 5.92 Å². The number of alkyl halides is 3. The molecule has 0 aliphatic heterocycles. The smallest absolute Gasteiger partial charge is 0.406 e. The fourth-order valence-corrected chi connectivity index (χ4v) is 5.74. The van der Waals surface area contributed by atoms with Gasteiger partial charge in [-0.25, -0.2) is 0 Å². The zero-order valence-electron chi connectivity index (χ0n) is 17.3. The van der Waals surface area contributed by atoms with Crippen LogP contribution in [0.2, 0.25) is 0 Å². The summed E-state index contributed by atoms with van der Waals surface area (Å²) in [7, 11) is 0. The van der Waals surface area contributed by atoms with Gasteiger partial charge < -0.3 is 4.74 Å². The second kappa shape index (κ2) is 9.54. The van der Waals surface area contributed by atoms with E-state index in [1.807, 2.05) is 12.1 Å². The van der Waals surface area contributed by atoms with Crippen LogP contribution in [-0.2, 0) is 0 Å². The van der Waals surface area contributed by atoms with E-state index in [0.717, 1.165) is 42.1 Å². The van der Waals surface area contributed by atoms with Gasteiger partial charge in [0.05, 0.1) is 0 Å². The molecule has 0 aromatic heterocycles. The van der Waals surface area contributed by atoms with Crippen molar-refractivity contribution < 1.29 is 17.9 Å². The largest absolute Gasteiger partial charge is 0.573 e. The van der Waals surface area contributed by atoms with Crippen LogP contribution in [0.3, 0.4) is 0 Å². The molecule has 2 aliphatic carbocycles. The Hall–Kier alpha value is -1.19. The Morgan fingerprint density at radius 2 is 1.43 bits per heavy atom. The van der Waals surface area contributed by atoms with Crippen LogP contribution in [0.5, 0.6) is 5.75 Å². The molecule has 158 valence electrons. The lowest BCUT2D eigenvalue weighted by Gasteiger charge is -2.39. The van der Waals surface area contributed by atoms with Gasteiger partial charge in [-0.2, -0.15) is 0 Å². The zero-order chi connectivity index (χ0) is 20.1. The molecule has 0 heterocycles. The molecule has 0 unspecified atom stereocenters. The van der Waals surface area contributed by atoms with Crippen molar-refractivity contribution >= 4 is 0 Å². The van der Waals surface area contributed by atoms with Gasteiger partial charge in [-0.3, -0.25) is 0 Å². The maximum Gasteiger partial charge on any atom is 0.573 e. The summed E-state index contributed by atoms with van der Waals surface area (Å²) in [5.74, 6) is 3.92. The van der Waals surface area contributed by atoms with Gasteiger partial charge in [0, 0.05) is 0 Å². The van der Waals surface area contributed by atoms with Crippen LogP contribution in [0.4, 0.5) is 13.2 Å². The van der Waals surface area contributed by atoms with E-state index in [9.17, 15) is 13.2 Å². The minimum Gasteiger partial charge on any atom is -0.406 e. The second-order valence-corrected chi connectivity index (χ2v) is 9.17. The van der Waals surface area contributed by atoms with E-state index in [1.165, 1.54) is 63.5 Å². The molecule has 0 amide bonds. The zero-order valence-corrected chi connectivity index (χ0v) is 17.3. The van der Waals surface area contributed by atoms with Crippen molar-refractivity contribution in [3.8, 4) is 5.75 Å². The van der Waals surface area contributed by atoms with E-state index in [-0.39, 0.29) is 5.75 Å². The third kappa shape index (κ3) is 5.90. The molecule has 0 bridgehead atoms. The monoisotopic (exact) mass is 396 g/mol. The first-order valence-electron chi connectivity index (χ1n) is 11.2. The Bertz CT molecular complexity index is 579. The molecule has 1 aromatic rings. The topological polar surface area (TPSA) is 9.23 Å². The van der Waals surface area contributed by atoms with Crippen molar-refractivity contribution in [2.75, 3.05) is 0 Å². The molecule has 3 rings (SSSR count). The fourth-order valence-electron chi connectivity index (χ4n) is 5.74. The molecule has 4 heteroatoms. The van der Waals surface area contributed by atoms with E-state index in [1.54, 1.807) is 0 Å². The maximum absolute atomic E-state index is 12.3. The minimum absolute atomic E-state index is 0.126. The van der Waals surface area contributed by atoms with Crippen LogP contribution < -0.4 is 4.74 Å². The van der Waals surface area contributed by atoms with Gasteiger partial charge in [0.15, 0.2) is 0 Å². The summed E-state index contributed by atoms with van der Waals surface area (Å²) in [6, 6.07) is 6.53. The number of rotatable bonds is 6. The predicted molar refractivity (Wildman–Crippen MR) is 107 cm³/mol. The lowest BCUT2D eigenvalue weighted by Crippen LogP contribution is -2.27. The number of hydrogen-bond acceptors (Lipinski definition) is 1. The summed E-state index contributed by atoms with van der Waals surface area (Å²) < 4.78 is 40.9. The first-order valence-corrected chi connectivity index (χ1v) is 11.2. The average molecular weight is 397 g/mol. The highest BCUT2D eigenvalue weighted by Crippen LogP contribution is 2.45.